The lowest BCUT2D eigenvalue weighted by Crippen LogP contribution is -2.36. The molecular formula is C20H20N2O3. The van der Waals surface area contributed by atoms with E-state index in [-0.39, 0.29) is 5.91 Å². The van der Waals surface area contributed by atoms with Crippen LogP contribution in [0.1, 0.15) is 16.1 Å². The number of furan rings is 1. The van der Waals surface area contributed by atoms with E-state index in [4.69, 9.17) is 9.15 Å². The third-order valence-electron chi connectivity index (χ3n) is 4.41. The first kappa shape index (κ1) is 15.7. The molecule has 0 unspecified atom stereocenters. The minimum atomic E-state index is -0.201. The largest absolute Gasteiger partial charge is 0.451 e. The van der Waals surface area contributed by atoms with Crippen LogP contribution in [0.15, 0.2) is 59.0 Å². The Morgan fingerprint density at radius 2 is 1.80 bits per heavy atom. The van der Waals surface area contributed by atoms with Gasteiger partial charge in [0.25, 0.3) is 5.91 Å². The maximum atomic E-state index is 12.3. The van der Waals surface area contributed by atoms with Crippen molar-refractivity contribution in [1.82, 2.24) is 5.32 Å². The van der Waals surface area contributed by atoms with Gasteiger partial charge in [-0.25, -0.2) is 0 Å². The summed E-state index contributed by atoms with van der Waals surface area (Å²) in [5.41, 5.74) is 2.97. The smallest absolute Gasteiger partial charge is 0.287 e. The van der Waals surface area contributed by atoms with Gasteiger partial charge in [-0.05, 0) is 29.8 Å². The SMILES string of the molecule is O=C(NCc1ccc(N2CCOCC2)cc1)c1cc2ccccc2o1. The summed E-state index contributed by atoms with van der Waals surface area (Å²) in [6, 6.07) is 17.6. The number of rotatable bonds is 4. The van der Waals surface area contributed by atoms with E-state index < -0.39 is 0 Å². The van der Waals surface area contributed by atoms with Crippen LogP contribution in [0.25, 0.3) is 11.0 Å². The fourth-order valence-electron chi connectivity index (χ4n) is 3.01. The van der Waals surface area contributed by atoms with E-state index in [1.807, 2.05) is 36.4 Å². The molecule has 1 aliphatic heterocycles. The number of hydrogen-bond acceptors (Lipinski definition) is 4. The monoisotopic (exact) mass is 336 g/mol. The normalized spacial score (nSPS) is 14.6. The van der Waals surface area contributed by atoms with Gasteiger partial charge in [-0.2, -0.15) is 0 Å². The molecule has 0 radical (unpaired) electrons. The number of para-hydroxylation sites is 1. The van der Waals surface area contributed by atoms with Gasteiger partial charge in [-0.3, -0.25) is 4.79 Å². The van der Waals surface area contributed by atoms with Crippen molar-refractivity contribution in [3.8, 4) is 0 Å². The highest BCUT2D eigenvalue weighted by Crippen LogP contribution is 2.19. The second-order valence-corrected chi connectivity index (χ2v) is 6.10. The third-order valence-corrected chi connectivity index (χ3v) is 4.41. The molecule has 5 heteroatoms. The standard InChI is InChI=1S/C20H20N2O3/c23-20(19-13-16-3-1-2-4-18(16)25-19)21-14-15-5-7-17(8-6-15)22-9-11-24-12-10-22/h1-8,13H,9-12,14H2,(H,21,23). The van der Waals surface area contributed by atoms with Crippen LogP contribution in [0.3, 0.4) is 0 Å². The Labute approximate surface area is 146 Å². The van der Waals surface area contributed by atoms with Gasteiger partial charge in [-0.1, -0.05) is 30.3 Å². The van der Waals surface area contributed by atoms with E-state index in [9.17, 15) is 4.79 Å². The lowest BCUT2D eigenvalue weighted by atomic mass is 10.2. The molecule has 2 heterocycles. The number of ether oxygens (including phenoxy) is 1. The number of carbonyl (C=O) groups is 1. The molecule has 1 amide bonds. The van der Waals surface area contributed by atoms with Crippen molar-refractivity contribution >= 4 is 22.6 Å². The van der Waals surface area contributed by atoms with Gasteiger partial charge in [-0.15, -0.1) is 0 Å². The van der Waals surface area contributed by atoms with Crippen LogP contribution < -0.4 is 10.2 Å². The molecule has 4 rings (SSSR count). The highest BCUT2D eigenvalue weighted by Gasteiger charge is 2.13. The summed E-state index contributed by atoms with van der Waals surface area (Å²) in [5.74, 6) is 0.139. The summed E-state index contributed by atoms with van der Waals surface area (Å²) in [5, 5.41) is 3.84. The first-order valence-corrected chi connectivity index (χ1v) is 8.48. The van der Waals surface area contributed by atoms with E-state index in [1.54, 1.807) is 6.07 Å². The highest BCUT2D eigenvalue weighted by molar-refractivity contribution is 5.96. The minimum Gasteiger partial charge on any atom is -0.451 e. The first-order chi connectivity index (χ1) is 12.3. The Morgan fingerprint density at radius 1 is 1.04 bits per heavy atom. The molecule has 0 atom stereocenters. The first-order valence-electron chi connectivity index (χ1n) is 8.48. The molecule has 5 nitrogen and oxygen atoms in total. The van der Waals surface area contributed by atoms with Crippen molar-refractivity contribution in [2.24, 2.45) is 0 Å². The number of benzene rings is 2. The zero-order chi connectivity index (χ0) is 17.1. The van der Waals surface area contributed by atoms with Crippen LogP contribution in [-0.4, -0.2) is 32.2 Å². The van der Waals surface area contributed by atoms with Crippen LogP contribution in [0, 0.1) is 0 Å². The molecule has 1 N–H and O–H groups in total. The predicted molar refractivity (Wildman–Crippen MR) is 96.9 cm³/mol. The third kappa shape index (κ3) is 3.51. The van der Waals surface area contributed by atoms with Gasteiger partial charge in [0.05, 0.1) is 13.2 Å². The molecule has 3 aromatic rings. The Hall–Kier alpha value is -2.79. The lowest BCUT2D eigenvalue weighted by Gasteiger charge is -2.28. The van der Waals surface area contributed by atoms with Crippen LogP contribution in [0.4, 0.5) is 5.69 Å². The molecule has 1 aliphatic rings. The number of fused-ring (bicyclic) bond motifs is 1. The molecule has 1 fully saturated rings. The molecule has 1 saturated heterocycles. The zero-order valence-electron chi connectivity index (χ0n) is 13.9. The summed E-state index contributed by atoms with van der Waals surface area (Å²) in [6.45, 7) is 3.86. The summed E-state index contributed by atoms with van der Waals surface area (Å²) in [7, 11) is 0. The van der Waals surface area contributed by atoms with E-state index in [0.29, 0.717) is 12.3 Å². The van der Waals surface area contributed by atoms with Gasteiger partial charge in [0.15, 0.2) is 5.76 Å². The number of hydrogen-bond donors (Lipinski definition) is 1. The summed E-state index contributed by atoms with van der Waals surface area (Å²) < 4.78 is 11.0. The highest BCUT2D eigenvalue weighted by atomic mass is 16.5. The molecule has 0 bridgehead atoms. The van der Waals surface area contributed by atoms with E-state index in [2.05, 4.69) is 22.3 Å². The zero-order valence-corrected chi connectivity index (χ0v) is 13.9. The predicted octanol–water partition coefficient (Wildman–Crippen LogP) is 3.20. The van der Waals surface area contributed by atoms with Crippen molar-refractivity contribution < 1.29 is 13.9 Å². The summed E-state index contributed by atoms with van der Waals surface area (Å²) >= 11 is 0. The van der Waals surface area contributed by atoms with E-state index in [0.717, 1.165) is 42.8 Å². The van der Waals surface area contributed by atoms with Crippen LogP contribution in [-0.2, 0) is 11.3 Å². The summed E-state index contributed by atoms with van der Waals surface area (Å²) in [6.07, 6.45) is 0. The number of morpholine rings is 1. The van der Waals surface area contributed by atoms with Crippen LogP contribution in [0.2, 0.25) is 0 Å². The van der Waals surface area contributed by atoms with Crippen molar-refractivity contribution in [2.45, 2.75) is 6.54 Å². The number of nitrogens with zero attached hydrogens (tertiary/aromatic N) is 1. The van der Waals surface area contributed by atoms with Gasteiger partial charge in [0, 0.05) is 30.7 Å². The molecule has 0 aliphatic carbocycles. The second-order valence-electron chi connectivity index (χ2n) is 6.10. The Bertz CT molecular complexity index is 831. The molecule has 128 valence electrons. The van der Waals surface area contributed by atoms with E-state index >= 15 is 0 Å². The van der Waals surface area contributed by atoms with Gasteiger partial charge < -0.3 is 19.4 Å². The Balaban J connectivity index is 1.38. The number of amides is 1. The van der Waals surface area contributed by atoms with E-state index in [1.165, 1.54) is 5.69 Å². The number of nitrogens with one attached hydrogen (secondary N) is 1. The molecule has 1 aromatic heterocycles. The number of anilines is 1. The van der Waals surface area contributed by atoms with Gasteiger partial charge >= 0.3 is 0 Å². The molecule has 0 saturated carbocycles. The van der Waals surface area contributed by atoms with Crippen molar-refractivity contribution in [2.75, 3.05) is 31.2 Å². The maximum Gasteiger partial charge on any atom is 0.287 e. The molecule has 25 heavy (non-hydrogen) atoms. The Morgan fingerprint density at radius 3 is 2.56 bits per heavy atom. The number of carbonyl (C=O) groups excluding carboxylic acids is 1. The summed E-state index contributed by atoms with van der Waals surface area (Å²) in [4.78, 5) is 14.6. The van der Waals surface area contributed by atoms with Gasteiger partial charge in [0.2, 0.25) is 0 Å². The van der Waals surface area contributed by atoms with Crippen molar-refractivity contribution in [1.29, 1.82) is 0 Å². The molecule has 0 spiro atoms. The topological polar surface area (TPSA) is 54.7 Å². The molecular weight excluding hydrogens is 316 g/mol. The quantitative estimate of drug-likeness (QED) is 0.795. The molecule has 2 aromatic carbocycles. The fraction of sp³-hybridized carbons (Fsp3) is 0.250. The fourth-order valence-corrected chi connectivity index (χ4v) is 3.01. The van der Waals surface area contributed by atoms with Crippen LogP contribution in [0.5, 0.6) is 0 Å². The van der Waals surface area contributed by atoms with Crippen molar-refractivity contribution in [3.05, 3.63) is 65.9 Å². The van der Waals surface area contributed by atoms with Gasteiger partial charge in [0.1, 0.15) is 5.58 Å². The minimum absolute atomic E-state index is 0.201. The average molecular weight is 336 g/mol. The van der Waals surface area contributed by atoms with Crippen LogP contribution >= 0.6 is 0 Å². The second kappa shape index (κ2) is 6.99. The maximum absolute atomic E-state index is 12.3. The average Bonchev–Trinajstić information content (AvgIpc) is 3.11. The lowest BCUT2D eigenvalue weighted by molar-refractivity contribution is 0.0925. The van der Waals surface area contributed by atoms with Crippen molar-refractivity contribution in [3.63, 3.8) is 0 Å². The Kier molecular flexibility index (Phi) is 4.39.